The second-order valence-electron chi connectivity index (χ2n) is 6.62. The second-order valence-corrected chi connectivity index (χ2v) is 6.94. The third kappa shape index (κ3) is 3.50. The van der Waals surface area contributed by atoms with Gasteiger partial charge in [-0.1, -0.05) is 6.08 Å². The molecule has 0 saturated carbocycles. The molecule has 0 amide bonds. The molecule has 0 unspecified atom stereocenters. The van der Waals surface area contributed by atoms with Crippen LogP contribution < -0.4 is 0 Å². The molecule has 4 nitrogen and oxygen atoms in total. The molecule has 0 radical (unpaired) electrons. The van der Waals surface area contributed by atoms with E-state index in [0.717, 1.165) is 6.07 Å². The van der Waals surface area contributed by atoms with E-state index in [2.05, 4.69) is 12.6 Å². The van der Waals surface area contributed by atoms with Crippen molar-refractivity contribution in [1.29, 1.82) is 0 Å². The molecule has 8 heteroatoms. The van der Waals surface area contributed by atoms with Crippen LogP contribution in [0.4, 0.5) is 8.78 Å². The molecule has 1 saturated heterocycles. The highest BCUT2D eigenvalue weighted by molar-refractivity contribution is 7.80. The summed E-state index contributed by atoms with van der Waals surface area (Å²) in [6.45, 7) is 7.52. The Balaban J connectivity index is 2.42. The molecule has 0 aliphatic carbocycles. The van der Waals surface area contributed by atoms with Gasteiger partial charge in [-0.25, -0.2) is 13.6 Å². The van der Waals surface area contributed by atoms with Crippen molar-refractivity contribution in [2.24, 2.45) is 0 Å². The molecule has 2 rings (SSSR count). The molecule has 0 atom stereocenters. The zero-order chi connectivity index (χ0) is 18.3. The zero-order valence-electron chi connectivity index (χ0n) is 13.9. The van der Waals surface area contributed by atoms with Gasteiger partial charge in [0.1, 0.15) is 11.6 Å². The summed E-state index contributed by atoms with van der Waals surface area (Å²) < 4.78 is 39.3. The van der Waals surface area contributed by atoms with E-state index in [-0.39, 0.29) is 11.3 Å². The van der Waals surface area contributed by atoms with E-state index in [9.17, 15) is 13.6 Å². The Labute approximate surface area is 145 Å². The SMILES string of the molecule is CC1(C)OB(C(=Cc2cc(C(=O)O)c(F)cc2F)CS)OC1(C)C. The first-order valence-corrected chi connectivity index (χ1v) is 8.01. The summed E-state index contributed by atoms with van der Waals surface area (Å²) in [6.07, 6.45) is 1.39. The average Bonchev–Trinajstić information content (AvgIpc) is 2.66. The minimum atomic E-state index is -1.47. The maximum absolute atomic E-state index is 14.0. The minimum Gasteiger partial charge on any atom is -0.478 e. The topological polar surface area (TPSA) is 55.8 Å². The Morgan fingerprint density at radius 2 is 1.75 bits per heavy atom. The Kier molecular flexibility index (Phi) is 5.13. The number of aromatic carboxylic acids is 1. The number of benzene rings is 1. The third-order valence-electron chi connectivity index (χ3n) is 4.40. The molecule has 1 N–H and O–H groups in total. The number of halogens is 2. The largest absolute Gasteiger partial charge is 0.491 e. The Bertz CT molecular complexity index is 688. The smallest absolute Gasteiger partial charge is 0.478 e. The minimum absolute atomic E-state index is 0.0624. The average molecular weight is 356 g/mol. The van der Waals surface area contributed by atoms with Gasteiger partial charge in [0.25, 0.3) is 0 Å². The van der Waals surface area contributed by atoms with Crippen LogP contribution in [0, 0.1) is 11.6 Å². The zero-order valence-corrected chi connectivity index (χ0v) is 14.8. The lowest BCUT2D eigenvalue weighted by Gasteiger charge is -2.32. The van der Waals surface area contributed by atoms with Gasteiger partial charge < -0.3 is 14.4 Å². The van der Waals surface area contributed by atoms with Crippen LogP contribution in [0.15, 0.2) is 17.6 Å². The summed E-state index contributed by atoms with van der Waals surface area (Å²) in [5, 5.41) is 8.97. The molecule has 1 aromatic rings. The molecule has 130 valence electrons. The van der Waals surface area contributed by atoms with Gasteiger partial charge in [0, 0.05) is 17.4 Å². The molecule has 1 heterocycles. The van der Waals surface area contributed by atoms with Gasteiger partial charge in [0.15, 0.2) is 0 Å². The number of carboxylic acids is 1. The van der Waals surface area contributed by atoms with E-state index in [1.807, 2.05) is 27.7 Å². The molecule has 1 aliphatic heterocycles. The summed E-state index contributed by atoms with van der Waals surface area (Å²) in [4.78, 5) is 11.0. The van der Waals surface area contributed by atoms with Gasteiger partial charge in [0.2, 0.25) is 0 Å². The van der Waals surface area contributed by atoms with Crippen LogP contribution >= 0.6 is 12.6 Å². The van der Waals surface area contributed by atoms with E-state index >= 15 is 0 Å². The highest BCUT2D eigenvalue weighted by atomic mass is 32.1. The molecule has 1 fully saturated rings. The lowest BCUT2D eigenvalue weighted by Crippen LogP contribution is -2.41. The number of hydrogen-bond donors (Lipinski definition) is 2. The van der Waals surface area contributed by atoms with Crippen LogP contribution in [-0.2, 0) is 9.31 Å². The van der Waals surface area contributed by atoms with Crippen LogP contribution in [0.1, 0.15) is 43.6 Å². The van der Waals surface area contributed by atoms with Crippen LogP contribution in [-0.4, -0.2) is 35.1 Å². The first kappa shape index (κ1) is 19.0. The number of carbonyl (C=O) groups is 1. The number of carboxylic acid groups (broad SMARTS) is 1. The fraction of sp³-hybridized carbons (Fsp3) is 0.438. The Hall–Kier alpha value is -1.38. The molecule has 24 heavy (non-hydrogen) atoms. The Morgan fingerprint density at radius 3 is 2.21 bits per heavy atom. The van der Waals surface area contributed by atoms with Crippen LogP contribution in [0.5, 0.6) is 0 Å². The van der Waals surface area contributed by atoms with Gasteiger partial charge in [0.05, 0.1) is 16.8 Å². The van der Waals surface area contributed by atoms with E-state index < -0.39 is 41.5 Å². The van der Waals surface area contributed by atoms with Crippen molar-refractivity contribution in [3.63, 3.8) is 0 Å². The molecule has 0 spiro atoms. The maximum Gasteiger partial charge on any atom is 0.491 e. The van der Waals surface area contributed by atoms with E-state index in [1.165, 1.54) is 6.08 Å². The lowest BCUT2D eigenvalue weighted by molar-refractivity contribution is 0.00578. The predicted molar refractivity (Wildman–Crippen MR) is 91.2 cm³/mol. The summed E-state index contributed by atoms with van der Waals surface area (Å²) in [5.41, 5.74) is -1.30. The quantitative estimate of drug-likeness (QED) is 0.639. The molecule has 1 aromatic carbocycles. The van der Waals surface area contributed by atoms with Crippen LogP contribution in [0.2, 0.25) is 0 Å². The van der Waals surface area contributed by atoms with E-state index in [4.69, 9.17) is 14.4 Å². The van der Waals surface area contributed by atoms with Crippen LogP contribution in [0.3, 0.4) is 0 Å². The number of rotatable bonds is 4. The monoisotopic (exact) mass is 356 g/mol. The van der Waals surface area contributed by atoms with Gasteiger partial charge in [-0.15, -0.1) is 0 Å². The maximum atomic E-state index is 14.0. The molecule has 0 aromatic heterocycles. The first-order valence-electron chi connectivity index (χ1n) is 7.38. The van der Waals surface area contributed by atoms with Gasteiger partial charge in [-0.05, 0) is 39.2 Å². The lowest BCUT2D eigenvalue weighted by atomic mass is 9.78. The van der Waals surface area contributed by atoms with E-state index in [0.29, 0.717) is 11.5 Å². The van der Waals surface area contributed by atoms with Crippen molar-refractivity contribution < 1.29 is 28.0 Å². The number of thiol groups is 1. The summed E-state index contributed by atoms with van der Waals surface area (Å²) in [5.74, 6) is -3.26. The molecular weight excluding hydrogens is 337 g/mol. The standard InChI is InChI=1S/C16H19BF2O4S/c1-15(2)16(3,4)23-17(22-15)10(8-24)5-9-6-11(14(20)21)13(19)7-12(9)18/h5-7,24H,8H2,1-4H3,(H,20,21). The molecule has 1 aliphatic rings. The third-order valence-corrected chi connectivity index (χ3v) is 4.76. The van der Waals surface area contributed by atoms with Gasteiger partial charge in [-0.3, -0.25) is 0 Å². The second kappa shape index (κ2) is 6.50. The van der Waals surface area contributed by atoms with Crippen molar-refractivity contribution in [3.8, 4) is 0 Å². The van der Waals surface area contributed by atoms with Crippen molar-refractivity contribution in [2.75, 3.05) is 5.75 Å². The van der Waals surface area contributed by atoms with Gasteiger partial charge in [-0.2, -0.15) is 12.6 Å². The van der Waals surface area contributed by atoms with Crippen molar-refractivity contribution in [2.45, 2.75) is 38.9 Å². The normalized spacial score (nSPS) is 19.6. The summed E-state index contributed by atoms with van der Waals surface area (Å²) in [6, 6.07) is 1.50. The fourth-order valence-corrected chi connectivity index (χ4v) is 2.46. The molecule has 0 bridgehead atoms. The van der Waals surface area contributed by atoms with Crippen molar-refractivity contribution >= 4 is 31.8 Å². The fourth-order valence-electron chi connectivity index (χ4n) is 2.22. The predicted octanol–water partition coefficient (Wildman–Crippen LogP) is 3.61. The highest BCUT2D eigenvalue weighted by Gasteiger charge is 2.52. The van der Waals surface area contributed by atoms with E-state index in [1.54, 1.807) is 0 Å². The van der Waals surface area contributed by atoms with Crippen molar-refractivity contribution in [3.05, 3.63) is 40.4 Å². The first-order chi connectivity index (χ1) is 11.0. The van der Waals surface area contributed by atoms with Gasteiger partial charge >= 0.3 is 13.1 Å². The Morgan fingerprint density at radius 1 is 1.21 bits per heavy atom. The highest BCUT2D eigenvalue weighted by Crippen LogP contribution is 2.39. The van der Waals surface area contributed by atoms with Crippen LogP contribution in [0.25, 0.3) is 6.08 Å². The number of hydrogen-bond acceptors (Lipinski definition) is 4. The summed E-state index contributed by atoms with van der Waals surface area (Å²) >= 11 is 4.21. The van der Waals surface area contributed by atoms with Crippen molar-refractivity contribution in [1.82, 2.24) is 0 Å². The summed E-state index contributed by atoms with van der Waals surface area (Å²) in [7, 11) is -0.745. The molecular formula is C16H19BF2O4S.